The first kappa shape index (κ1) is 18.9. The monoisotopic (exact) mass is 334 g/mol. The quantitative estimate of drug-likeness (QED) is 0.523. The molecular weight excluding hydrogens is 308 g/mol. The van der Waals surface area contributed by atoms with Gasteiger partial charge in [0, 0.05) is 0 Å². The molecule has 2 aromatic rings. The Kier molecular flexibility index (Phi) is 7.90. The highest BCUT2D eigenvalue weighted by Crippen LogP contribution is 2.10. The first-order chi connectivity index (χ1) is 12.2. The molecule has 0 spiro atoms. The molecule has 2 rings (SSSR count). The number of rotatable bonds is 10. The van der Waals surface area contributed by atoms with Crippen LogP contribution in [0.1, 0.15) is 29.2 Å². The zero-order chi connectivity index (χ0) is 17.9. The van der Waals surface area contributed by atoms with Crippen LogP contribution in [-0.2, 0) is 22.7 Å². The Bertz CT molecular complexity index is 669. The molecule has 0 saturated carbocycles. The van der Waals surface area contributed by atoms with E-state index in [9.17, 15) is 0 Å². The SMILES string of the molecule is C=Cc1cccc(COCC(=CC)COCc2cccc(C=C)c2)c1. The molecule has 0 saturated heterocycles. The number of hydrogen-bond acceptors (Lipinski definition) is 2. The van der Waals surface area contributed by atoms with Crippen molar-refractivity contribution in [1.82, 2.24) is 0 Å². The molecular formula is C23H26O2. The molecule has 0 aliphatic rings. The highest BCUT2D eigenvalue weighted by molar-refractivity contribution is 5.48. The summed E-state index contributed by atoms with van der Waals surface area (Å²) >= 11 is 0. The predicted molar refractivity (Wildman–Crippen MR) is 106 cm³/mol. The van der Waals surface area contributed by atoms with E-state index in [1.54, 1.807) is 0 Å². The Hall–Kier alpha value is -2.42. The van der Waals surface area contributed by atoms with Gasteiger partial charge in [-0.05, 0) is 46.9 Å². The van der Waals surface area contributed by atoms with E-state index in [4.69, 9.17) is 9.47 Å². The van der Waals surface area contributed by atoms with Crippen LogP contribution in [0.15, 0.2) is 73.3 Å². The minimum Gasteiger partial charge on any atom is -0.372 e. The molecule has 2 nitrogen and oxygen atoms in total. The highest BCUT2D eigenvalue weighted by atomic mass is 16.5. The number of allylic oxidation sites excluding steroid dienone is 1. The van der Waals surface area contributed by atoms with Crippen LogP contribution in [0, 0.1) is 0 Å². The molecule has 0 atom stereocenters. The van der Waals surface area contributed by atoms with Crippen LogP contribution in [0.4, 0.5) is 0 Å². The fourth-order valence-electron chi connectivity index (χ4n) is 2.43. The molecule has 130 valence electrons. The smallest absolute Gasteiger partial charge is 0.0721 e. The van der Waals surface area contributed by atoms with Gasteiger partial charge in [0.05, 0.1) is 26.4 Å². The van der Waals surface area contributed by atoms with Gasteiger partial charge in [0.15, 0.2) is 0 Å². The first-order valence-corrected chi connectivity index (χ1v) is 8.47. The average molecular weight is 334 g/mol. The summed E-state index contributed by atoms with van der Waals surface area (Å²) in [5, 5.41) is 0. The number of benzene rings is 2. The van der Waals surface area contributed by atoms with Crippen molar-refractivity contribution in [2.75, 3.05) is 13.2 Å². The van der Waals surface area contributed by atoms with Gasteiger partial charge in [0.2, 0.25) is 0 Å². The van der Waals surface area contributed by atoms with Gasteiger partial charge in [-0.2, -0.15) is 0 Å². The second-order valence-corrected chi connectivity index (χ2v) is 5.83. The highest BCUT2D eigenvalue weighted by Gasteiger charge is 2.01. The van der Waals surface area contributed by atoms with Crippen LogP contribution < -0.4 is 0 Å². The van der Waals surface area contributed by atoms with Gasteiger partial charge in [-0.3, -0.25) is 0 Å². The third kappa shape index (κ3) is 6.54. The Morgan fingerprint density at radius 1 is 0.840 bits per heavy atom. The van der Waals surface area contributed by atoms with Crippen LogP contribution in [0.5, 0.6) is 0 Å². The van der Waals surface area contributed by atoms with E-state index < -0.39 is 0 Å². The van der Waals surface area contributed by atoms with Gasteiger partial charge in [-0.15, -0.1) is 0 Å². The molecule has 0 heterocycles. The normalized spacial score (nSPS) is 10.3. The minimum atomic E-state index is 0.571. The molecule has 0 aliphatic heterocycles. The van der Waals surface area contributed by atoms with Gasteiger partial charge < -0.3 is 9.47 Å². The van der Waals surface area contributed by atoms with E-state index in [0.29, 0.717) is 26.4 Å². The third-order valence-corrected chi connectivity index (χ3v) is 3.89. The summed E-state index contributed by atoms with van der Waals surface area (Å²) in [6.45, 7) is 11.9. The van der Waals surface area contributed by atoms with Gasteiger partial charge in [-0.25, -0.2) is 0 Å². The van der Waals surface area contributed by atoms with E-state index in [1.165, 1.54) is 0 Å². The third-order valence-electron chi connectivity index (χ3n) is 3.89. The summed E-state index contributed by atoms with van der Waals surface area (Å²) in [7, 11) is 0. The van der Waals surface area contributed by atoms with E-state index in [-0.39, 0.29) is 0 Å². The van der Waals surface area contributed by atoms with Crippen molar-refractivity contribution in [2.24, 2.45) is 0 Å². The zero-order valence-corrected chi connectivity index (χ0v) is 14.9. The maximum absolute atomic E-state index is 5.82. The number of hydrogen-bond donors (Lipinski definition) is 0. The first-order valence-electron chi connectivity index (χ1n) is 8.47. The summed E-state index contributed by atoms with van der Waals surface area (Å²) in [5.74, 6) is 0. The second-order valence-electron chi connectivity index (χ2n) is 5.83. The lowest BCUT2D eigenvalue weighted by Crippen LogP contribution is -2.06. The van der Waals surface area contributed by atoms with E-state index >= 15 is 0 Å². The molecule has 2 aromatic carbocycles. The standard InChI is InChI=1S/C23H26O2/c1-4-19-9-7-11-22(13-19)17-24-15-21(6-3)16-25-18-23-12-8-10-20(5-2)14-23/h4-14H,1-2,15-18H2,3H3. The Balaban J connectivity index is 1.74. The maximum atomic E-state index is 5.82. The Labute approximate surface area is 151 Å². The lowest BCUT2D eigenvalue weighted by atomic mass is 10.1. The summed E-state index contributed by atoms with van der Waals surface area (Å²) in [6, 6.07) is 16.4. The van der Waals surface area contributed by atoms with Gasteiger partial charge in [0.25, 0.3) is 0 Å². The lowest BCUT2D eigenvalue weighted by molar-refractivity contribution is 0.105. The molecule has 0 aromatic heterocycles. The van der Waals surface area contributed by atoms with Crippen molar-refractivity contribution in [1.29, 1.82) is 0 Å². The molecule has 0 bridgehead atoms. The molecule has 0 aliphatic carbocycles. The summed E-state index contributed by atoms with van der Waals surface area (Å²) in [5.41, 5.74) is 5.65. The fourth-order valence-corrected chi connectivity index (χ4v) is 2.43. The molecule has 2 heteroatoms. The van der Waals surface area contributed by atoms with Crippen molar-refractivity contribution in [2.45, 2.75) is 20.1 Å². The van der Waals surface area contributed by atoms with Crippen LogP contribution in [0.25, 0.3) is 12.2 Å². The summed E-state index contributed by atoms with van der Waals surface area (Å²) in [4.78, 5) is 0. The van der Waals surface area contributed by atoms with Crippen molar-refractivity contribution in [3.05, 3.63) is 95.6 Å². The lowest BCUT2D eigenvalue weighted by Gasteiger charge is -2.10. The van der Waals surface area contributed by atoms with Crippen LogP contribution in [0.2, 0.25) is 0 Å². The van der Waals surface area contributed by atoms with E-state index in [0.717, 1.165) is 27.8 Å². The van der Waals surface area contributed by atoms with Crippen molar-refractivity contribution in [3.8, 4) is 0 Å². The zero-order valence-electron chi connectivity index (χ0n) is 14.9. The molecule has 25 heavy (non-hydrogen) atoms. The Morgan fingerprint density at radius 3 is 1.72 bits per heavy atom. The van der Waals surface area contributed by atoms with Crippen LogP contribution >= 0.6 is 0 Å². The van der Waals surface area contributed by atoms with Gasteiger partial charge >= 0.3 is 0 Å². The van der Waals surface area contributed by atoms with Crippen molar-refractivity contribution >= 4 is 12.2 Å². The minimum absolute atomic E-state index is 0.571. The second kappa shape index (κ2) is 10.4. The van der Waals surface area contributed by atoms with Crippen molar-refractivity contribution in [3.63, 3.8) is 0 Å². The average Bonchev–Trinajstić information content (AvgIpc) is 2.67. The van der Waals surface area contributed by atoms with Crippen molar-refractivity contribution < 1.29 is 9.47 Å². The topological polar surface area (TPSA) is 18.5 Å². The van der Waals surface area contributed by atoms with Gasteiger partial charge in [-0.1, -0.05) is 67.8 Å². The summed E-state index contributed by atoms with van der Waals surface area (Å²) in [6.07, 6.45) is 5.74. The number of ether oxygens (including phenoxy) is 2. The molecule has 0 N–H and O–H groups in total. The predicted octanol–water partition coefficient (Wildman–Crippen LogP) is 5.65. The summed E-state index contributed by atoms with van der Waals surface area (Å²) < 4.78 is 11.6. The van der Waals surface area contributed by atoms with E-state index in [1.807, 2.05) is 43.3 Å². The van der Waals surface area contributed by atoms with Crippen LogP contribution in [-0.4, -0.2) is 13.2 Å². The molecule has 0 amide bonds. The maximum Gasteiger partial charge on any atom is 0.0721 e. The molecule has 0 unspecified atom stereocenters. The van der Waals surface area contributed by atoms with Crippen LogP contribution in [0.3, 0.4) is 0 Å². The fraction of sp³-hybridized carbons (Fsp3) is 0.217. The molecule has 0 fully saturated rings. The van der Waals surface area contributed by atoms with Gasteiger partial charge in [0.1, 0.15) is 0 Å². The Morgan fingerprint density at radius 2 is 1.32 bits per heavy atom. The largest absolute Gasteiger partial charge is 0.372 e. The molecule has 0 radical (unpaired) electrons. The van der Waals surface area contributed by atoms with E-state index in [2.05, 4.69) is 43.5 Å².